The highest BCUT2D eigenvalue weighted by Gasteiger charge is 2.27. The Morgan fingerprint density at radius 1 is 0.897 bits per heavy atom. The fourth-order valence-corrected chi connectivity index (χ4v) is 3.32. The highest BCUT2D eigenvalue weighted by molar-refractivity contribution is 6.05. The van der Waals surface area contributed by atoms with Crippen LogP contribution in [0.5, 0.6) is 0 Å². The Kier molecular flexibility index (Phi) is 4.96. The number of fused-ring (bicyclic) bond motifs is 1. The number of Topliss-reactive ketones (excluding diaryl/α,β-unsaturated/α-hetero) is 1. The quantitative estimate of drug-likeness (QED) is 0.520. The maximum absolute atomic E-state index is 12.4. The van der Waals surface area contributed by atoms with E-state index in [1.807, 2.05) is 42.5 Å². The van der Waals surface area contributed by atoms with Gasteiger partial charge in [-0.2, -0.15) is 0 Å². The maximum Gasteiger partial charge on any atom is 0.338 e. The molecule has 0 aromatic heterocycles. The van der Waals surface area contributed by atoms with Gasteiger partial charge in [0.05, 0.1) is 11.5 Å². The van der Waals surface area contributed by atoms with E-state index in [1.54, 1.807) is 37.3 Å². The van der Waals surface area contributed by atoms with Crippen LogP contribution in [0.4, 0.5) is 5.69 Å². The molecule has 0 saturated heterocycles. The lowest BCUT2D eigenvalue weighted by atomic mass is 9.99. The SMILES string of the molecule is C[C@H]1C(=O)Nc2ccc(C(=O)COC(=O)c3ccc(-c4ccccc4)cc3)cc21. The summed E-state index contributed by atoms with van der Waals surface area (Å²) in [5, 5.41) is 2.77. The molecule has 1 amide bonds. The predicted octanol–water partition coefficient (Wildman–Crippen LogP) is 4.45. The van der Waals surface area contributed by atoms with E-state index in [1.165, 1.54) is 0 Å². The fourth-order valence-electron chi connectivity index (χ4n) is 3.32. The van der Waals surface area contributed by atoms with Crippen LogP contribution >= 0.6 is 0 Å². The average molecular weight is 385 g/mol. The minimum absolute atomic E-state index is 0.0880. The van der Waals surface area contributed by atoms with Crippen LogP contribution in [0, 0.1) is 0 Å². The van der Waals surface area contributed by atoms with Crippen LogP contribution < -0.4 is 5.32 Å². The number of esters is 1. The molecule has 144 valence electrons. The predicted molar refractivity (Wildman–Crippen MR) is 110 cm³/mol. The van der Waals surface area contributed by atoms with Crippen LogP contribution in [0.15, 0.2) is 72.8 Å². The van der Waals surface area contributed by atoms with Gasteiger partial charge in [0.15, 0.2) is 12.4 Å². The Morgan fingerprint density at radius 3 is 2.28 bits per heavy atom. The molecular formula is C24H19NO4. The number of rotatable bonds is 5. The molecule has 5 heteroatoms. The van der Waals surface area contributed by atoms with Crippen molar-refractivity contribution in [2.75, 3.05) is 11.9 Å². The van der Waals surface area contributed by atoms with E-state index >= 15 is 0 Å². The lowest BCUT2D eigenvalue weighted by Crippen LogP contribution is -2.14. The van der Waals surface area contributed by atoms with E-state index in [-0.39, 0.29) is 24.2 Å². The molecule has 0 aliphatic carbocycles. The van der Waals surface area contributed by atoms with Crippen LogP contribution in [0.2, 0.25) is 0 Å². The second-order valence-electron chi connectivity index (χ2n) is 6.96. The van der Waals surface area contributed by atoms with Crippen LogP contribution in [-0.2, 0) is 9.53 Å². The monoisotopic (exact) mass is 385 g/mol. The van der Waals surface area contributed by atoms with Gasteiger partial charge in [-0.25, -0.2) is 4.79 Å². The fraction of sp³-hybridized carbons (Fsp3) is 0.125. The van der Waals surface area contributed by atoms with E-state index in [4.69, 9.17) is 4.74 Å². The second kappa shape index (κ2) is 7.72. The van der Waals surface area contributed by atoms with Crippen molar-refractivity contribution in [1.82, 2.24) is 0 Å². The first kappa shape index (κ1) is 18.6. The number of hydrogen-bond acceptors (Lipinski definition) is 4. The number of ether oxygens (including phenoxy) is 1. The molecule has 3 aromatic rings. The third-order valence-electron chi connectivity index (χ3n) is 5.05. The van der Waals surface area contributed by atoms with Crippen molar-refractivity contribution in [2.24, 2.45) is 0 Å². The summed E-state index contributed by atoms with van der Waals surface area (Å²) in [4.78, 5) is 36.4. The Labute approximate surface area is 168 Å². The van der Waals surface area contributed by atoms with E-state index in [9.17, 15) is 14.4 Å². The van der Waals surface area contributed by atoms with Gasteiger partial charge in [-0.05, 0) is 53.9 Å². The Morgan fingerprint density at radius 2 is 1.55 bits per heavy atom. The smallest absolute Gasteiger partial charge is 0.338 e. The first-order chi connectivity index (χ1) is 14.0. The molecular weight excluding hydrogens is 366 g/mol. The van der Waals surface area contributed by atoms with Crippen molar-refractivity contribution in [3.63, 3.8) is 0 Å². The molecule has 0 unspecified atom stereocenters. The molecule has 1 aliphatic heterocycles. The van der Waals surface area contributed by atoms with Crippen molar-refractivity contribution in [3.8, 4) is 11.1 Å². The standard InChI is InChI=1S/C24H19NO4/c1-15-20-13-19(11-12-21(20)25-23(15)27)22(26)14-29-24(28)18-9-7-17(8-10-18)16-5-3-2-4-6-16/h2-13,15H,14H2,1H3,(H,25,27)/t15-/m1/s1. The molecule has 1 heterocycles. The first-order valence-electron chi connectivity index (χ1n) is 9.33. The van der Waals surface area contributed by atoms with Gasteiger partial charge in [-0.3, -0.25) is 9.59 Å². The molecule has 3 aromatic carbocycles. The van der Waals surface area contributed by atoms with Gasteiger partial charge in [-0.1, -0.05) is 42.5 Å². The van der Waals surface area contributed by atoms with Gasteiger partial charge < -0.3 is 10.1 Å². The zero-order chi connectivity index (χ0) is 20.4. The zero-order valence-corrected chi connectivity index (χ0v) is 15.8. The third-order valence-corrected chi connectivity index (χ3v) is 5.05. The van der Waals surface area contributed by atoms with Gasteiger partial charge in [0.25, 0.3) is 0 Å². The van der Waals surface area contributed by atoms with Gasteiger partial charge in [-0.15, -0.1) is 0 Å². The van der Waals surface area contributed by atoms with E-state index in [0.29, 0.717) is 11.1 Å². The maximum atomic E-state index is 12.4. The van der Waals surface area contributed by atoms with Crippen LogP contribution in [0.1, 0.15) is 39.1 Å². The van der Waals surface area contributed by atoms with Crippen LogP contribution in [0.3, 0.4) is 0 Å². The molecule has 1 N–H and O–H groups in total. The number of hydrogen-bond donors (Lipinski definition) is 1. The van der Waals surface area contributed by atoms with Crippen molar-refractivity contribution >= 4 is 23.3 Å². The number of anilines is 1. The Bertz CT molecular complexity index is 1090. The lowest BCUT2D eigenvalue weighted by molar-refractivity contribution is -0.116. The minimum atomic E-state index is -0.552. The number of carbonyl (C=O) groups is 3. The molecule has 5 nitrogen and oxygen atoms in total. The molecule has 4 rings (SSSR count). The Balaban J connectivity index is 1.40. The van der Waals surface area contributed by atoms with E-state index in [0.717, 1.165) is 22.4 Å². The first-order valence-corrected chi connectivity index (χ1v) is 9.33. The van der Waals surface area contributed by atoms with E-state index in [2.05, 4.69) is 5.32 Å². The minimum Gasteiger partial charge on any atom is -0.454 e. The molecule has 1 atom stereocenters. The van der Waals surface area contributed by atoms with Crippen LogP contribution in [-0.4, -0.2) is 24.3 Å². The summed E-state index contributed by atoms with van der Waals surface area (Å²) in [5.41, 5.74) is 4.35. The summed E-state index contributed by atoms with van der Waals surface area (Å²) in [7, 11) is 0. The zero-order valence-electron chi connectivity index (χ0n) is 15.8. The molecule has 29 heavy (non-hydrogen) atoms. The number of amides is 1. The van der Waals surface area contributed by atoms with Crippen molar-refractivity contribution in [3.05, 3.63) is 89.5 Å². The lowest BCUT2D eigenvalue weighted by Gasteiger charge is -2.07. The normalized spacial score (nSPS) is 14.8. The summed E-state index contributed by atoms with van der Waals surface area (Å²) in [6, 6.07) is 21.9. The summed E-state index contributed by atoms with van der Waals surface area (Å²) in [6.07, 6.45) is 0. The topological polar surface area (TPSA) is 72.5 Å². The summed E-state index contributed by atoms with van der Waals surface area (Å²) >= 11 is 0. The van der Waals surface area contributed by atoms with Gasteiger partial charge in [0.1, 0.15) is 0 Å². The molecule has 0 fully saturated rings. The van der Waals surface area contributed by atoms with Gasteiger partial charge >= 0.3 is 5.97 Å². The molecule has 0 radical (unpaired) electrons. The van der Waals surface area contributed by atoms with Gasteiger partial charge in [0.2, 0.25) is 5.91 Å². The average Bonchev–Trinajstić information content (AvgIpc) is 3.05. The second-order valence-corrected chi connectivity index (χ2v) is 6.96. The summed E-state index contributed by atoms with van der Waals surface area (Å²) in [6.45, 7) is 1.43. The van der Waals surface area contributed by atoms with E-state index < -0.39 is 5.97 Å². The van der Waals surface area contributed by atoms with Crippen molar-refractivity contribution in [2.45, 2.75) is 12.8 Å². The number of benzene rings is 3. The highest BCUT2D eigenvalue weighted by Crippen LogP contribution is 2.32. The molecule has 0 spiro atoms. The van der Waals surface area contributed by atoms with Crippen molar-refractivity contribution in [1.29, 1.82) is 0 Å². The number of carbonyl (C=O) groups excluding carboxylic acids is 3. The Hall–Kier alpha value is -3.73. The third kappa shape index (κ3) is 3.80. The van der Waals surface area contributed by atoms with Crippen molar-refractivity contribution < 1.29 is 19.1 Å². The summed E-state index contributed by atoms with van der Waals surface area (Å²) < 4.78 is 5.19. The van der Waals surface area contributed by atoms with Crippen LogP contribution in [0.25, 0.3) is 11.1 Å². The molecule has 0 bridgehead atoms. The number of ketones is 1. The largest absolute Gasteiger partial charge is 0.454 e. The molecule has 0 saturated carbocycles. The summed E-state index contributed by atoms with van der Waals surface area (Å²) in [5.74, 6) is -1.25. The highest BCUT2D eigenvalue weighted by atomic mass is 16.5. The number of nitrogens with one attached hydrogen (secondary N) is 1. The molecule has 1 aliphatic rings. The van der Waals surface area contributed by atoms with Gasteiger partial charge in [0, 0.05) is 11.3 Å².